The lowest BCUT2D eigenvalue weighted by Gasteiger charge is -2.18. The van der Waals surface area contributed by atoms with Gasteiger partial charge in [-0.25, -0.2) is 0 Å². The molecule has 0 saturated heterocycles. The molecule has 1 amide bonds. The summed E-state index contributed by atoms with van der Waals surface area (Å²) in [6.45, 7) is 5.45. The quantitative estimate of drug-likeness (QED) is 0.693. The molecule has 0 aliphatic rings. The number of benzene rings is 2. The van der Waals surface area contributed by atoms with Gasteiger partial charge in [0.15, 0.2) is 11.5 Å². The van der Waals surface area contributed by atoms with Crippen LogP contribution in [0.1, 0.15) is 18.1 Å². The van der Waals surface area contributed by atoms with Crippen molar-refractivity contribution in [2.45, 2.75) is 20.4 Å². The maximum atomic E-state index is 12.3. The van der Waals surface area contributed by atoms with Crippen LogP contribution in [-0.4, -0.2) is 38.1 Å². The molecular weight excluding hydrogens is 396 g/mol. The molecule has 2 rings (SSSR count). The fourth-order valence-corrected chi connectivity index (χ4v) is 3.20. The van der Waals surface area contributed by atoms with Gasteiger partial charge in [-0.1, -0.05) is 12.1 Å². The Morgan fingerprint density at radius 2 is 1.96 bits per heavy atom. The van der Waals surface area contributed by atoms with Crippen molar-refractivity contribution in [1.82, 2.24) is 4.90 Å². The number of amides is 1. The highest BCUT2D eigenvalue weighted by atomic mass is 79.9. The van der Waals surface area contributed by atoms with Crippen LogP contribution in [0.15, 0.2) is 40.9 Å². The number of hydrogen-bond acceptors (Lipinski definition) is 4. The van der Waals surface area contributed by atoms with E-state index in [-0.39, 0.29) is 12.5 Å². The third kappa shape index (κ3) is 5.75. The number of ether oxygens (including phenoxy) is 2. The number of rotatable bonds is 8. The van der Waals surface area contributed by atoms with E-state index in [1.807, 2.05) is 62.2 Å². The lowest BCUT2D eigenvalue weighted by molar-refractivity contribution is -0.117. The zero-order valence-electron chi connectivity index (χ0n) is 15.6. The highest BCUT2D eigenvalue weighted by Crippen LogP contribution is 2.28. The summed E-state index contributed by atoms with van der Waals surface area (Å²) in [7, 11) is 3.53. The van der Waals surface area contributed by atoms with Gasteiger partial charge >= 0.3 is 0 Å². The Hall–Kier alpha value is -2.05. The van der Waals surface area contributed by atoms with Crippen molar-refractivity contribution in [3.05, 3.63) is 52.0 Å². The number of methoxy groups -OCH3 is 1. The minimum atomic E-state index is -0.0602. The van der Waals surface area contributed by atoms with Gasteiger partial charge < -0.3 is 14.8 Å². The predicted molar refractivity (Wildman–Crippen MR) is 108 cm³/mol. The van der Waals surface area contributed by atoms with Crippen LogP contribution in [0.5, 0.6) is 11.5 Å². The maximum Gasteiger partial charge on any atom is 0.238 e. The first-order valence-electron chi connectivity index (χ1n) is 8.47. The second-order valence-corrected chi connectivity index (χ2v) is 6.98. The van der Waals surface area contributed by atoms with Gasteiger partial charge in [0.05, 0.1) is 25.9 Å². The molecular formula is C20H25BrN2O3. The summed E-state index contributed by atoms with van der Waals surface area (Å²) in [6, 6.07) is 11.7. The van der Waals surface area contributed by atoms with Crippen molar-refractivity contribution in [3.63, 3.8) is 0 Å². The molecule has 6 heteroatoms. The van der Waals surface area contributed by atoms with Gasteiger partial charge in [-0.15, -0.1) is 0 Å². The minimum absolute atomic E-state index is 0.0602. The SMILES string of the molecule is CCOc1ccc(CN(C)CC(=O)Nc2ccc(C)cc2Br)cc1OC. The second-order valence-electron chi connectivity index (χ2n) is 6.12. The summed E-state index contributed by atoms with van der Waals surface area (Å²) < 4.78 is 11.8. The van der Waals surface area contributed by atoms with Gasteiger partial charge in [-0.3, -0.25) is 9.69 Å². The average Bonchev–Trinajstić information content (AvgIpc) is 2.58. The van der Waals surface area contributed by atoms with Crippen molar-refractivity contribution in [2.24, 2.45) is 0 Å². The molecule has 0 aliphatic heterocycles. The third-order valence-corrected chi connectivity index (χ3v) is 4.45. The van der Waals surface area contributed by atoms with Crippen molar-refractivity contribution < 1.29 is 14.3 Å². The monoisotopic (exact) mass is 420 g/mol. The van der Waals surface area contributed by atoms with Crippen LogP contribution in [0.3, 0.4) is 0 Å². The van der Waals surface area contributed by atoms with E-state index in [0.29, 0.717) is 18.9 Å². The number of carbonyl (C=O) groups is 1. The average molecular weight is 421 g/mol. The van der Waals surface area contributed by atoms with E-state index >= 15 is 0 Å². The summed E-state index contributed by atoms with van der Waals surface area (Å²) in [6.07, 6.45) is 0. The number of hydrogen-bond donors (Lipinski definition) is 1. The molecule has 0 bridgehead atoms. The number of nitrogens with zero attached hydrogens (tertiary/aromatic N) is 1. The molecule has 26 heavy (non-hydrogen) atoms. The van der Waals surface area contributed by atoms with Crippen LogP contribution in [0.2, 0.25) is 0 Å². The van der Waals surface area contributed by atoms with Crippen molar-refractivity contribution in [2.75, 3.05) is 32.6 Å². The summed E-state index contributed by atoms with van der Waals surface area (Å²) in [5, 5.41) is 2.93. The second kappa shape index (κ2) is 9.59. The molecule has 2 aromatic rings. The number of halogens is 1. The fourth-order valence-electron chi connectivity index (χ4n) is 2.61. The molecule has 5 nitrogen and oxygen atoms in total. The number of nitrogens with one attached hydrogen (secondary N) is 1. The normalized spacial score (nSPS) is 10.7. The number of anilines is 1. The Morgan fingerprint density at radius 1 is 1.19 bits per heavy atom. The van der Waals surface area contributed by atoms with E-state index in [1.54, 1.807) is 7.11 Å². The summed E-state index contributed by atoms with van der Waals surface area (Å²) in [5.74, 6) is 1.36. The summed E-state index contributed by atoms with van der Waals surface area (Å²) in [5.41, 5.74) is 2.96. The molecule has 0 heterocycles. The number of aryl methyl sites for hydroxylation is 1. The van der Waals surface area contributed by atoms with Crippen molar-refractivity contribution in [1.29, 1.82) is 0 Å². The molecule has 0 fully saturated rings. The molecule has 0 atom stereocenters. The highest BCUT2D eigenvalue weighted by molar-refractivity contribution is 9.10. The van der Waals surface area contributed by atoms with E-state index in [4.69, 9.17) is 9.47 Å². The van der Waals surface area contributed by atoms with Gasteiger partial charge in [0.1, 0.15) is 0 Å². The van der Waals surface area contributed by atoms with Crippen LogP contribution < -0.4 is 14.8 Å². The van der Waals surface area contributed by atoms with Crippen molar-refractivity contribution >= 4 is 27.5 Å². The van der Waals surface area contributed by atoms with E-state index in [9.17, 15) is 4.79 Å². The van der Waals surface area contributed by atoms with E-state index < -0.39 is 0 Å². The van der Waals surface area contributed by atoms with E-state index in [2.05, 4.69) is 21.2 Å². The molecule has 1 N–H and O–H groups in total. The first-order chi connectivity index (χ1) is 12.4. The molecule has 0 saturated carbocycles. The molecule has 0 unspecified atom stereocenters. The standard InChI is InChI=1S/C20H25BrN2O3/c1-5-26-18-9-7-15(11-19(18)25-4)12-23(3)13-20(24)22-17-8-6-14(2)10-16(17)21/h6-11H,5,12-13H2,1-4H3,(H,22,24). The predicted octanol–water partition coefficient (Wildman–Crippen LogP) is 4.24. The minimum Gasteiger partial charge on any atom is -0.493 e. The van der Waals surface area contributed by atoms with Gasteiger partial charge in [0.25, 0.3) is 0 Å². The Kier molecular flexibility index (Phi) is 7.48. The van der Waals surface area contributed by atoms with Gasteiger partial charge in [0.2, 0.25) is 5.91 Å². The largest absolute Gasteiger partial charge is 0.493 e. The first kappa shape index (κ1) is 20.3. The Bertz CT molecular complexity index is 765. The van der Waals surface area contributed by atoms with E-state index in [0.717, 1.165) is 27.0 Å². The van der Waals surface area contributed by atoms with Crippen LogP contribution in [0.4, 0.5) is 5.69 Å². The Morgan fingerprint density at radius 3 is 2.62 bits per heavy atom. The molecule has 0 radical (unpaired) electrons. The number of carbonyl (C=O) groups excluding carboxylic acids is 1. The third-order valence-electron chi connectivity index (χ3n) is 3.79. The highest BCUT2D eigenvalue weighted by Gasteiger charge is 2.11. The smallest absolute Gasteiger partial charge is 0.238 e. The fraction of sp³-hybridized carbons (Fsp3) is 0.350. The topological polar surface area (TPSA) is 50.8 Å². The lowest BCUT2D eigenvalue weighted by Crippen LogP contribution is -2.29. The lowest BCUT2D eigenvalue weighted by atomic mass is 10.2. The molecule has 2 aromatic carbocycles. The maximum absolute atomic E-state index is 12.3. The molecule has 0 spiro atoms. The Balaban J connectivity index is 1.95. The first-order valence-corrected chi connectivity index (χ1v) is 9.26. The summed E-state index contributed by atoms with van der Waals surface area (Å²) >= 11 is 3.48. The van der Waals surface area contributed by atoms with E-state index in [1.165, 1.54) is 0 Å². The van der Waals surface area contributed by atoms with Crippen molar-refractivity contribution in [3.8, 4) is 11.5 Å². The zero-order valence-corrected chi connectivity index (χ0v) is 17.2. The van der Waals surface area contributed by atoms with Gasteiger partial charge in [-0.2, -0.15) is 0 Å². The Labute approximate surface area is 163 Å². The van der Waals surface area contributed by atoms with Gasteiger partial charge in [-0.05, 0) is 72.2 Å². The van der Waals surface area contributed by atoms with Gasteiger partial charge in [0, 0.05) is 11.0 Å². The molecule has 140 valence electrons. The summed E-state index contributed by atoms with van der Waals surface area (Å²) in [4.78, 5) is 14.2. The van der Waals surface area contributed by atoms with Crippen LogP contribution >= 0.6 is 15.9 Å². The zero-order chi connectivity index (χ0) is 19.1. The van der Waals surface area contributed by atoms with Crippen LogP contribution in [-0.2, 0) is 11.3 Å². The molecule has 0 aliphatic carbocycles. The van der Waals surface area contributed by atoms with Crippen LogP contribution in [0.25, 0.3) is 0 Å². The van der Waals surface area contributed by atoms with Crippen LogP contribution in [0, 0.1) is 6.92 Å². The molecule has 0 aromatic heterocycles. The number of likely N-dealkylation sites (N-methyl/N-ethyl adjacent to an activating group) is 1.